The minimum atomic E-state index is -0.361. The Morgan fingerprint density at radius 3 is 2.59 bits per heavy atom. The van der Waals surface area contributed by atoms with E-state index < -0.39 is 0 Å². The van der Waals surface area contributed by atoms with Gasteiger partial charge in [0.25, 0.3) is 5.91 Å². The first-order chi connectivity index (χ1) is 10.5. The molecule has 2 rings (SSSR count). The lowest BCUT2D eigenvalue weighted by Crippen LogP contribution is -2.43. The van der Waals surface area contributed by atoms with Crippen LogP contribution in [0.1, 0.15) is 12.5 Å². The van der Waals surface area contributed by atoms with Gasteiger partial charge in [0.15, 0.2) is 15.8 Å². The molecule has 0 radical (unpaired) electrons. The number of rotatable bonds is 4. The molecule has 0 bridgehead atoms. The number of thiocarbonyl (C=S) groups is 1. The molecule has 1 saturated heterocycles. The number of methoxy groups -OCH3 is 2. The Labute approximate surface area is 137 Å². The second-order valence-corrected chi connectivity index (χ2v) is 5.98. The van der Waals surface area contributed by atoms with Crippen LogP contribution in [0.4, 0.5) is 0 Å². The minimum absolute atomic E-state index is 0.284. The maximum Gasteiger partial charge on any atom is 0.285 e. The van der Waals surface area contributed by atoms with E-state index in [0.29, 0.717) is 16.4 Å². The lowest BCUT2D eigenvalue weighted by atomic mass is 10.2. The highest BCUT2D eigenvalue weighted by Crippen LogP contribution is 2.33. The average molecular weight is 338 g/mol. The van der Waals surface area contributed by atoms with E-state index in [-0.39, 0.29) is 16.1 Å². The second kappa shape index (κ2) is 6.80. The molecule has 1 aromatic rings. The van der Waals surface area contributed by atoms with Gasteiger partial charge in [-0.1, -0.05) is 17.8 Å². The van der Waals surface area contributed by atoms with Crippen molar-refractivity contribution in [2.24, 2.45) is 0 Å². The van der Waals surface area contributed by atoms with Crippen molar-refractivity contribution in [1.29, 1.82) is 0 Å². The van der Waals surface area contributed by atoms with Crippen molar-refractivity contribution in [2.45, 2.75) is 6.92 Å². The highest BCUT2D eigenvalue weighted by atomic mass is 32.2. The number of nitrogens with one attached hydrogen (secondary N) is 1. The molecule has 0 saturated carbocycles. The molecule has 1 aliphatic heterocycles. The Morgan fingerprint density at radius 1 is 1.32 bits per heavy atom. The number of hydrogen-bond donors (Lipinski definition) is 1. The lowest BCUT2D eigenvalue weighted by molar-refractivity contribution is -0.131. The molecule has 22 heavy (non-hydrogen) atoms. The molecule has 0 unspecified atom stereocenters. The summed E-state index contributed by atoms with van der Waals surface area (Å²) in [7, 11) is 3.09. The predicted octanol–water partition coefficient (Wildman–Crippen LogP) is 1.96. The van der Waals surface area contributed by atoms with Gasteiger partial charge in [-0.15, -0.1) is 0 Å². The third-order valence-electron chi connectivity index (χ3n) is 2.77. The fraction of sp³-hybridized carbons (Fsp3) is 0.214. The average Bonchev–Trinajstić information content (AvgIpc) is 2.74. The number of hydrazine groups is 1. The molecule has 6 nitrogen and oxygen atoms in total. The Bertz CT molecular complexity index is 673. The van der Waals surface area contributed by atoms with Gasteiger partial charge in [0.05, 0.1) is 19.1 Å². The summed E-state index contributed by atoms with van der Waals surface area (Å²) in [4.78, 5) is 23.7. The van der Waals surface area contributed by atoms with E-state index in [1.165, 1.54) is 14.0 Å². The number of benzene rings is 1. The first kappa shape index (κ1) is 16.3. The van der Waals surface area contributed by atoms with E-state index in [1.54, 1.807) is 31.4 Å². The van der Waals surface area contributed by atoms with Crippen molar-refractivity contribution in [1.82, 2.24) is 10.4 Å². The fourth-order valence-corrected chi connectivity index (χ4v) is 2.99. The molecular weight excluding hydrogens is 324 g/mol. The Balaban J connectivity index is 2.28. The van der Waals surface area contributed by atoms with Gasteiger partial charge < -0.3 is 9.47 Å². The van der Waals surface area contributed by atoms with E-state index >= 15 is 0 Å². The van der Waals surface area contributed by atoms with Crippen LogP contribution in [-0.2, 0) is 9.59 Å². The van der Waals surface area contributed by atoms with E-state index in [2.05, 4.69) is 5.43 Å². The quantitative estimate of drug-likeness (QED) is 0.669. The lowest BCUT2D eigenvalue weighted by Gasteiger charge is -2.13. The zero-order valence-electron chi connectivity index (χ0n) is 12.2. The van der Waals surface area contributed by atoms with Crippen LogP contribution in [0, 0.1) is 0 Å². The van der Waals surface area contributed by atoms with Crippen LogP contribution >= 0.6 is 24.0 Å². The number of carbonyl (C=O) groups is 2. The maximum atomic E-state index is 12.2. The van der Waals surface area contributed by atoms with Crippen molar-refractivity contribution >= 4 is 46.2 Å². The van der Waals surface area contributed by atoms with Crippen LogP contribution < -0.4 is 14.9 Å². The topological polar surface area (TPSA) is 67.9 Å². The van der Waals surface area contributed by atoms with E-state index in [9.17, 15) is 9.59 Å². The Morgan fingerprint density at radius 2 is 2.00 bits per heavy atom. The van der Waals surface area contributed by atoms with Gasteiger partial charge in [-0.3, -0.25) is 15.0 Å². The first-order valence-corrected chi connectivity index (χ1v) is 7.46. The monoisotopic (exact) mass is 338 g/mol. The van der Waals surface area contributed by atoms with Crippen LogP contribution in [0.15, 0.2) is 23.1 Å². The van der Waals surface area contributed by atoms with Crippen LogP contribution in [0.5, 0.6) is 11.5 Å². The van der Waals surface area contributed by atoms with Gasteiger partial charge in [0.2, 0.25) is 5.91 Å². The summed E-state index contributed by atoms with van der Waals surface area (Å²) in [6.45, 7) is 1.32. The molecule has 0 atom stereocenters. The van der Waals surface area contributed by atoms with Crippen molar-refractivity contribution in [3.05, 3.63) is 28.7 Å². The number of carbonyl (C=O) groups excluding carboxylic acids is 2. The Kier molecular flexibility index (Phi) is 5.04. The Hall–Kier alpha value is -2.06. The van der Waals surface area contributed by atoms with E-state index in [4.69, 9.17) is 21.7 Å². The maximum absolute atomic E-state index is 12.2. The number of amides is 2. The molecule has 1 heterocycles. The molecule has 0 aromatic heterocycles. The van der Waals surface area contributed by atoms with Crippen molar-refractivity contribution in [2.75, 3.05) is 14.2 Å². The minimum Gasteiger partial charge on any atom is -0.493 e. The molecule has 0 aliphatic carbocycles. The molecular formula is C14H14N2O4S2. The van der Waals surface area contributed by atoms with Crippen LogP contribution in [0.3, 0.4) is 0 Å². The zero-order valence-corrected chi connectivity index (χ0v) is 13.8. The molecule has 116 valence electrons. The molecule has 8 heteroatoms. The molecule has 2 amide bonds. The van der Waals surface area contributed by atoms with Crippen molar-refractivity contribution in [3.8, 4) is 11.5 Å². The third kappa shape index (κ3) is 3.40. The fourth-order valence-electron chi connectivity index (χ4n) is 1.82. The van der Waals surface area contributed by atoms with Gasteiger partial charge in [-0.05, 0) is 36.0 Å². The molecule has 1 aliphatic rings. The van der Waals surface area contributed by atoms with Gasteiger partial charge in [0.1, 0.15) is 0 Å². The van der Waals surface area contributed by atoms with Gasteiger partial charge >= 0.3 is 0 Å². The highest BCUT2D eigenvalue weighted by Gasteiger charge is 2.33. The van der Waals surface area contributed by atoms with Crippen LogP contribution in [-0.4, -0.2) is 35.4 Å². The van der Waals surface area contributed by atoms with Gasteiger partial charge in [-0.25, -0.2) is 0 Å². The summed E-state index contributed by atoms with van der Waals surface area (Å²) in [5.41, 5.74) is 3.16. The van der Waals surface area contributed by atoms with Crippen molar-refractivity contribution < 1.29 is 19.1 Å². The predicted molar refractivity (Wildman–Crippen MR) is 88.4 cm³/mol. The summed E-state index contributed by atoms with van der Waals surface area (Å²) in [6, 6.07) is 5.30. The second-order valence-electron chi connectivity index (χ2n) is 4.30. The van der Waals surface area contributed by atoms with E-state index in [0.717, 1.165) is 22.3 Å². The van der Waals surface area contributed by atoms with E-state index in [1.807, 2.05) is 0 Å². The van der Waals surface area contributed by atoms with Gasteiger partial charge in [0, 0.05) is 6.92 Å². The number of nitrogens with zero attached hydrogens (tertiary/aromatic N) is 1. The standard InChI is InChI=1S/C14H14N2O4S2/c1-8(17)15-16-13(18)12(22-14(16)21)7-9-4-5-10(19-2)11(6-9)20-3/h4-7H,1-3H3,(H,15,17). The smallest absolute Gasteiger partial charge is 0.285 e. The summed E-state index contributed by atoms with van der Waals surface area (Å²) in [5.74, 6) is 0.447. The third-order valence-corrected chi connectivity index (χ3v) is 4.07. The summed E-state index contributed by atoms with van der Waals surface area (Å²) in [6.07, 6.45) is 1.68. The zero-order chi connectivity index (χ0) is 16.3. The normalized spacial score (nSPS) is 16.1. The molecule has 1 aromatic carbocycles. The first-order valence-electron chi connectivity index (χ1n) is 6.23. The van der Waals surface area contributed by atoms with Crippen molar-refractivity contribution in [3.63, 3.8) is 0 Å². The number of hydrogen-bond acceptors (Lipinski definition) is 6. The largest absolute Gasteiger partial charge is 0.493 e. The SMILES string of the molecule is COc1ccc(C=C2SC(=S)N(NC(C)=O)C2=O)cc1OC. The number of thioether (sulfide) groups is 1. The number of ether oxygens (including phenoxy) is 2. The van der Waals surface area contributed by atoms with Crippen LogP contribution in [0.2, 0.25) is 0 Å². The summed E-state index contributed by atoms with van der Waals surface area (Å²) >= 11 is 6.21. The van der Waals surface area contributed by atoms with Gasteiger partial charge in [-0.2, -0.15) is 5.01 Å². The molecule has 1 fully saturated rings. The highest BCUT2D eigenvalue weighted by molar-refractivity contribution is 8.26. The molecule has 0 spiro atoms. The van der Waals surface area contributed by atoms with Crippen LogP contribution in [0.25, 0.3) is 6.08 Å². The summed E-state index contributed by atoms with van der Waals surface area (Å²) in [5, 5.41) is 1.06. The molecule has 1 N–H and O–H groups in total. The summed E-state index contributed by atoms with van der Waals surface area (Å²) < 4.78 is 10.7.